The number of alkyl halides is 1. The Morgan fingerprint density at radius 1 is 1.11 bits per heavy atom. The third-order valence-corrected chi connectivity index (χ3v) is 3.05. The normalized spacial score (nSPS) is 10.5. The van der Waals surface area contributed by atoms with Gasteiger partial charge in [-0.1, -0.05) is 18.9 Å². The summed E-state index contributed by atoms with van der Waals surface area (Å²) < 4.78 is 26.6. The van der Waals surface area contributed by atoms with Crippen LogP contribution in [0.3, 0.4) is 0 Å². The number of benzene rings is 1. The number of carbonyl (C=O) groups excluding carboxylic acids is 1. The van der Waals surface area contributed by atoms with Crippen LogP contribution in [0.15, 0.2) is 18.2 Å². The van der Waals surface area contributed by atoms with Crippen molar-refractivity contribution in [3.8, 4) is 0 Å². The van der Waals surface area contributed by atoms with Crippen molar-refractivity contribution in [1.82, 2.24) is 5.32 Å². The van der Waals surface area contributed by atoms with Crippen LogP contribution in [-0.4, -0.2) is 18.3 Å². The number of rotatable bonds is 8. The Morgan fingerprint density at radius 2 is 1.74 bits per heavy atom. The Labute approximate surface area is 117 Å². The van der Waals surface area contributed by atoms with Gasteiger partial charge >= 0.3 is 0 Å². The lowest BCUT2D eigenvalue weighted by Gasteiger charge is -2.06. The standard InChI is InChI=1S/C14H18ClF2NO/c15-8-3-1-2-4-9-18-14(19)10-11-12(16)6-5-7-13(11)17/h5-7H,1-4,8-10H2,(H,18,19). The van der Waals surface area contributed by atoms with E-state index in [9.17, 15) is 13.6 Å². The minimum Gasteiger partial charge on any atom is -0.356 e. The van der Waals surface area contributed by atoms with Gasteiger partial charge < -0.3 is 5.32 Å². The number of amides is 1. The molecule has 0 aliphatic rings. The van der Waals surface area contributed by atoms with Gasteiger partial charge in [-0.2, -0.15) is 0 Å². The summed E-state index contributed by atoms with van der Waals surface area (Å²) in [5.74, 6) is -1.07. The van der Waals surface area contributed by atoms with E-state index in [0.717, 1.165) is 37.8 Å². The van der Waals surface area contributed by atoms with Crippen molar-refractivity contribution < 1.29 is 13.6 Å². The van der Waals surface area contributed by atoms with Crippen LogP contribution >= 0.6 is 11.6 Å². The molecule has 0 saturated carbocycles. The Morgan fingerprint density at radius 3 is 2.37 bits per heavy atom. The van der Waals surface area contributed by atoms with Crippen molar-refractivity contribution in [2.24, 2.45) is 0 Å². The maximum Gasteiger partial charge on any atom is 0.224 e. The van der Waals surface area contributed by atoms with E-state index in [1.807, 2.05) is 0 Å². The van der Waals surface area contributed by atoms with Crippen molar-refractivity contribution in [2.45, 2.75) is 32.1 Å². The van der Waals surface area contributed by atoms with Gasteiger partial charge in [-0.05, 0) is 25.0 Å². The average molecular weight is 290 g/mol. The smallest absolute Gasteiger partial charge is 0.224 e. The van der Waals surface area contributed by atoms with Crippen LogP contribution in [0.25, 0.3) is 0 Å². The molecule has 1 N–H and O–H groups in total. The molecule has 1 aromatic rings. The summed E-state index contributed by atoms with van der Waals surface area (Å²) in [6, 6.07) is 3.58. The zero-order chi connectivity index (χ0) is 14.1. The molecule has 19 heavy (non-hydrogen) atoms. The van der Waals surface area contributed by atoms with Gasteiger partial charge in [0.15, 0.2) is 0 Å². The summed E-state index contributed by atoms with van der Waals surface area (Å²) in [5, 5.41) is 2.66. The first-order valence-electron chi connectivity index (χ1n) is 6.40. The van der Waals surface area contributed by atoms with Crippen molar-refractivity contribution >= 4 is 17.5 Å². The Balaban J connectivity index is 2.28. The molecule has 106 valence electrons. The molecule has 0 aliphatic carbocycles. The highest BCUT2D eigenvalue weighted by Gasteiger charge is 2.12. The molecule has 0 bridgehead atoms. The number of hydrogen-bond donors (Lipinski definition) is 1. The van der Waals surface area contributed by atoms with E-state index in [-0.39, 0.29) is 17.9 Å². The quantitative estimate of drug-likeness (QED) is 0.576. The van der Waals surface area contributed by atoms with E-state index >= 15 is 0 Å². The molecule has 5 heteroatoms. The number of halogens is 3. The second kappa shape index (κ2) is 8.86. The molecule has 0 radical (unpaired) electrons. The molecule has 0 aliphatic heterocycles. The van der Waals surface area contributed by atoms with Gasteiger partial charge in [0.1, 0.15) is 11.6 Å². The lowest BCUT2D eigenvalue weighted by atomic mass is 10.1. The summed E-state index contributed by atoms with van der Waals surface area (Å²) >= 11 is 5.54. The van der Waals surface area contributed by atoms with Crippen molar-refractivity contribution in [2.75, 3.05) is 12.4 Å². The van der Waals surface area contributed by atoms with Crippen molar-refractivity contribution in [3.63, 3.8) is 0 Å². The fraction of sp³-hybridized carbons (Fsp3) is 0.500. The second-order valence-corrected chi connectivity index (χ2v) is 4.71. The van der Waals surface area contributed by atoms with Gasteiger partial charge in [-0.15, -0.1) is 11.6 Å². The van der Waals surface area contributed by atoms with Gasteiger partial charge in [0, 0.05) is 18.0 Å². The topological polar surface area (TPSA) is 29.1 Å². The SMILES string of the molecule is O=C(Cc1c(F)cccc1F)NCCCCCCCl. The van der Waals surface area contributed by atoms with Gasteiger partial charge in [0.05, 0.1) is 6.42 Å². The molecule has 0 aromatic heterocycles. The number of hydrogen-bond acceptors (Lipinski definition) is 1. The van der Waals surface area contributed by atoms with Crippen LogP contribution in [-0.2, 0) is 11.2 Å². The highest BCUT2D eigenvalue weighted by atomic mass is 35.5. The lowest BCUT2D eigenvalue weighted by Crippen LogP contribution is -2.26. The fourth-order valence-corrected chi connectivity index (χ4v) is 1.91. The van der Waals surface area contributed by atoms with Crippen LogP contribution in [0, 0.1) is 11.6 Å². The first-order valence-corrected chi connectivity index (χ1v) is 6.94. The maximum atomic E-state index is 13.3. The summed E-state index contributed by atoms with van der Waals surface area (Å²) in [6.07, 6.45) is 3.57. The molecular weight excluding hydrogens is 272 g/mol. The van der Waals surface area contributed by atoms with Crippen LogP contribution < -0.4 is 5.32 Å². The number of unbranched alkanes of at least 4 members (excludes halogenated alkanes) is 3. The highest BCUT2D eigenvalue weighted by molar-refractivity contribution is 6.17. The third-order valence-electron chi connectivity index (χ3n) is 2.78. The Kier molecular flexibility index (Phi) is 7.41. The lowest BCUT2D eigenvalue weighted by molar-refractivity contribution is -0.120. The first kappa shape index (κ1) is 15.9. The fourth-order valence-electron chi connectivity index (χ4n) is 1.73. The molecule has 0 spiro atoms. The molecule has 1 rings (SSSR count). The largest absolute Gasteiger partial charge is 0.356 e. The van der Waals surface area contributed by atoms with Gasteiger partial charge in [0.25, 0.3) is 0 Å². The summed E-state index contributed by atoms with van der Waals surface area (Å²) in [4.78, 5) is 11.5. The minimum absolute atomic E-state index is 0.179. The van der Waals surface area contributed by atoms with E-state index in [4.69, 9.17) is 11.6 Å². The van der Waals surface area contributed by atoms with E-state index in [0.29, 0.717) is 12.4 Å². The zero-order valence-electron chi connectivity index (χ0n) is 10.7. The second-order valence-electron chi connectivity index (χ2n) is 4.33. The molecule has 2 nitrogen and oxygen atoms in total. The van der Waals surface area contributed by atoms with E-state index in [1.165, 1.54) is 6.07 Å². The predicted molar refractivity (Wildman–Crippen MR) is 72.3 cm³/mol. The molecule has 1 amide bonds. The average Bonchev–Trinajstić information content (AvgIpc) is 2.38. The van der Waals surface area contributed by atoms with Crippen LogP contribution in [0.2, 0.25) is 0 Å². The minimum atomic E-state index is -0.683. The molecule has 0 unspecified atom stereocenters. The Bertz CT molecular complexity index is 392. The van der Waals surface area contributed by atoms with Crippen molar-refractivity contribution in [1.29, 1.82) is 0 Å². The molecule has 0 saturated heterocycles. The zero-order valence-corrected chi connectivity index (χ0v) is 11.5. The summed E-state index contributed by atoms with van der Waals surface area (Å²) in [6.45, 7) is 0.525. The van der Waals surface area contributed by atoms with Crippen LogP contribution in [0.1, 0.15) is 31.2 Å². The van der Waals surface area contributed by atoms with E-state index in [2.05, 4.69) is 5.32 Å². The van der Waals surface area contributed by atoms with E-state index in [1.54, 1.807) is 0 Å². The molecule has 1 aromatic carbocycles. The van der Waals surface area contributed by atoms with Crippen molar-refractivity contribution in [3.05, 3.63) is 35.4 Å². The van der Waals surface area contributed by atoms with Gasteiger partial charge in [0.2, 0.25) is 5.91 Å². The Hall–Kier alpha value is -1.16. The first-order chi connectivity index (χ1) is 9.15. The monoisotopic (exact) mass is 289 g/mol. The van der Waals surface area contributed by atoms with E-state index < -0.39 is 11.6 Å². The predicted octanol–water partition coefficient (Wildman–Crippen LogP) is 3.42. The highest BCUT2D eigenvalue weighted by Crippen LogP contribution is 2.12. The molecular formula is C14H18ClF2NO. The summed E-state index contributed by atoms with van der Waals surface area (Å²) in [5.41, 5.74) is -0.179. The van der Waals surface area contributed by atoms with Gasteiger partial charge in [-0.25, -0.2) is 8.78 Å². The van der Waals surface area contributed by atoms with Gasteiger partial charge in [-0.3, -0.25) is 4.79 Å². The molecule has 0 heterocycles. The molecule has 0 atom stereocenters. The maximum absolute atomic E-state index is 13.3. The van der Waals surface area contributed by atoms with Crippen LogP contribution in [0.5, 0.6) is 0 Å². The third kappa shape index (κ3) is 6.01. The molecule has 0 fully saturated rings. The number of nitrogens with one attached hydrogen (secondary N) is 1. The summed E-state index contributed by atoms with van der Waals surface area (Å²) in [7, 11) is 0. The van der Waals surface area contributed by atoms with Crippen LogP contribution in [0.4, 0.5) is 8.78 Å². The number of carbonyl (C=O) groups is 1.